The van der Waals surface area contributed by atoms with Gasteiger partial charge in [0.25, 0.3) is 5.91 Å². The molecule has 2 heterocycles. The minimum atomic E-state index is -0.245. The fourth-order valence-corrected chi connectivity index (χ4v) is 4.59. The molecule has 2 aromatic heterocycles. The third-order valence-corrected chi connectivity index (χ3v) is 6.46. The molecule has 0 unspecified atom stereocenters. The number of halogens is 1. The zero-order valence-corrected chi connectivity index (χ0v) is 18.8. The predicted octanol–water partition coefficient (Wildman–Crippen LogP) is 7.12. The summed E-state index contributed by atoms with van der Waals surface area (Å²) < 4.78 is 5.74. The second-order valence-electron chi connectivity index (χ2n) is 7.48. The Hall–Kier alpha value is -3.41. The summed E-state index contributed by atoms with van der Waals surface area (Å²) >= 11 is 7.69. The molecule has 4 nitrogen and oxygen atoms in total. The molecule has 3 aromatic carbocycles. The van der Waals surface area contributed by atoms with Gasteiger partial charge in [-0.05, 0) is 30.7 Å². The number of aromatic nitrogens is 1. The van der Waals surface area contributed by atoms with Crippen LogP contribution in [0.15, 0.2) is 82.6 Å². The summed E-state index contributed by atoms with van der Waals surface area (Å²) in [6.07, 6.45) is 0. The lowest BCUT2D eigenvalue weighted by atomic mass is 10.1. The molecule has 6 heteroatoms. The Morgan fingerprint density at radius 3 is 2.59 bits per heavy atom. The second-order valence-corrected chi connectivity index (χ2v) is 8.77. The number of fused-ring (bicyclic) bond motifs is 1. The third kappa shape index (κ3) is 4.05. The maximum Gasteiger partial charge on any atom is 0.287 e. The molecule has 32 heavy (non-hydrogen) atoms. The van der Waals surface area contributed by atoms with Crippen LogP contribution in [-0.2, 0) is 6.54 Å². The largest absolute Gasteiger partial charge is 0.451 e. The monoisotopic (exact) mass is 458 g/mol. The fraction of sp³-hybridized carbons (Fsp3) is 0.0769. The van der Waals surface area contributed by atoms with Crippen LogP contribution in [0.1, 0.15) is 21.7 Å². The summed E-state index contributed by atoms with van der Waals surface area (Å²) in [6, 6.07) is 23.6. The number of carbonyl (C=O) groups is 1. The number of amides is 1. The predicted molar refractivity (Wildman–Crippen MR) is 130 cm³/mol. The van der Waals surface area contributed by atoms with E-state index in [1.165, 1.54) is 0 Å². The van der Waals surface area contributed by atoms with E-state index < -0.39 is 0 Å². The molecule has 0 aliphatic heterocycles. The van der Waals surface area contributed by atoms with Gasteiger partial charge in [-0.25, -0.2) is 4.98 Å². The van der Waals surface area contributed by atoms with Gasteiger partial charge in [-0.15, -0.1) is 11.3 Å². The molecule has 0 radical (unpaired) electrons. The van der Waals surface area contributed by atoms with E-state index in [1.54, 1.807) is 23.5 Å². The number of furan rings is 1. The summed E-state index contributed by atoms with van der Waals surface area (Å²) in [4.78, 5) is 17.4. The van der Waals surface area contributed by atoms with Gasteiger partial charge in [-0.3, -0.25) is 4.79 Å². The van der Waals surface area contributed by atoms with Gasteiger partial charge in [0.2, 0.25) is 0 Å². The first kappa shape index (κ1) is 20.5. The summed E-state index contributed by atoms with van der Waals surface area (Å²) in [6.45, 7) is 2.27. The van der Waals surface area contributed by atoms with Crippen molar-refractivity contribution < 1.29 is 9.21 Å². The Morgan fingerprint density at radius 1 is 1.03 bits per heavy atom. The number of rotatable bonds is 5. The van der Waals surface area contributed by atoms with Crippen LogP contribution < -0.4 is 5.32 Å². The molecule has 0 aliphatic carbocycles. The van der Waals surface area contributed by atoms with Gasteiger partial charge in [0.1, 0.15) is 10.6 Å². The Bertz CT molecular complexity index is 1410. The van der Waals surface area contributed by atoms with Crippen molar-refractivity contribution in [3.8, 4) is 21.8 Å². The molecule has 0 spiro atoms. The molecule has 5 aromatic rings. The van der Waals surface area contributed by atoms with Crippen LogP contribution in [0.2, 0.25) is 5.02 Å². The number of benzene rings is 3. The molecule has 0 fully saturated rings. The number of aryl methyl sites for hydroxylation is 1. The van der Waals surface area contributed by atoms with Crippen molar-refractivity contribution in [2.24, 2.45) is 0 Å². The van der Waals surface area contributed by atoms with Crippen molar-refractivity contribution >= 4 is 39.8 Å². The van der Waals surface area contributed by atoms with Crippen molar-refractivity contribution in [2.75, 3.05) is 0 Å². The summed E-state index contributed by atoms with van der Waals surface area (Å²) in [5, 5.41) is 7.47. The van der Waals surface area contributed by atoms with E-state index in [0.29, 0.717) is 22.9 Å². The fourth-order valence-electron chi connectivity index (χ4n) is 3.59. The van der Waals surface area contributed by atoms with E-state index in [-0.39, 0.29) is 5.91 Å². The molecule has 0 saturated carbocycles. The first-order chi connectivity index (χ1) is 15.6. The summed E-state index contributed by atoms with van der Waals surface area (Å²) in [5.41, 5.74) is 5.54. The molecule has 0 saturated heterocycles. The van der Waals surface area contributed by atoms with Crippen LogP contribution in [0.25, 0.3) is 32.8 Å². The van der Waals surface area contributed by atoms with E-state index in [1.807, 2.05) is 55.5 Å². The number of hydrogen-bond donors (Lipinski definition) is 1. The summed E-state index contributed by atoms with van der Waals surface area (Å²) in [5.74, 6) is 0.0701. The average Bonchev–Trinajstić information content (AvgIpc) is 3.44. The molecule has 158 valence electrons. The molecule has 0 aliphatic rings. The quantitative estimate of drug-likeness (QED) is 0.305. The molecule has 1 amide bonds. The van der Waals surface area contributed by atoms with Gasteiger partial charge < -0.3 is 9.73 Å². The van der Waals surface area contributed by atoms with Crippen LogP contribution in [0.3, 0.4) is 0 Å². The standard InChI is InChI=1S/C26H19ClN2O2S/c1-16-21-13-20(27)11-12-23(21)31-24(16)25(30)28-14-17-7-9-18(10-8-17)22-15-32-26(29-22)19-5-3-2-4-6-19/h2-13,15H,14H2,1H3,(H,28,30). The highest BCUT2D eigenvalue weighted by atomic mass is 35.5. The van der Waals surface area contributed by atoms with Crippen LogP contribution >= 0.6 is 22.9 Å². The minimum absolute atomic E-state index is 0.245. The van der Waals surface area contributed by atoms with Crippen molar-refractivity contribution in [3.63, 3.8) is 0 Å². The van der Waals surface area contributed by atoms with Gasteiger partial charge in [0.05, 0.1) is 5.69 Å². The number of carbonyl (C=O) groups excluding carboxylic acids is 1. The Kier molecular flexibility index (Phi) is 5.52. The van der Waals surface area contributed by atoms with E-state index in [9.17, 15) is 4.79 Å². The zero-order valence-electron chi connectivity index (χ0n) is 17.3. The maximum atomic E-state index is 12.7. The van der Waals surface area contributed by atoms with Crippen molar-refractivity contribution in [1.82, 2.24) is 10.3 Å². The molecular formula is C26H19ClN2O2S. The third-order valence-electron chi connectivity index (χ3n) is 5.33. The Balaban J connectivity index is 1.27. The van der Waals surface area contributed by atoms with Gasteiger partial charge in [-0.2, -0.15) is 0 Å². The van der Waals surface area contributed by atoms with E-state index in [4.69, 9.17) is 21.0 Å². The SMILES string of the molecule is Cc1c(C(=O)NCc2ccc(-c3csc(-c4ccccc4)n3)cc2)oc2ccc(Cl)cc12. The highest BCUT2D eigenvalue weighted by molar-refractivity contribution is 7.13. The Labute approximate surface area is 194 Å². The Morgan fingerprint density at radius 2 is 1.81 bits per heavy atom. The van der Waals surface area contributed by atoms with Crippen LogP contribution in [0.4, 0.5) is 0 Å². The molecule has 0 atom stereocenters. The van der Waals surface area contributed by atoms with Gasteiger partial charge in [-0.1, -0.05) is 66.2 Å². The summed E-state index contributed by atoms with van der Waals surface area (Å²) in [7, 11) is 0. The van der Waals surface area contributed by atoms with Crippen molar-refractivity contribution in [1.29, 1.82) is 0 Å². The smallest absolute Gasteiger partial charge is 0.287 e. The van der Waals surface area contributed by atoms with E-state index >= 15 is 0 Å². The van der Waals surface area contributed by atoms with E-state index in [0.717, 1.165) is 38.3 Å². The van der Waals surface area contributed by atoms with Crippen LogP contribution in [0, 0.1) is 6.92 Å². The molecule has 5 rings (SSSR count). The first-order valence-corrected chi connectivity index (χ1v) is 11.4. The molecule has 1 N–H and O–H groups in total. The average molecular weight is 459 g/mol. The minimum Gasteiger partial charge on any atom is -0.451 e. The highest BCUT2D eigenvalue weighted by Gasteiger charge is 2.17. The first-order valence-electron chi connectivity index (χ1n) is 10.2. The number of nitrogens with zero attached hydrogens (tertiary/aromatic N) is 1. The number of nitrogens with one attached hydrogen (secondary N) is 1. The lowest BCUT2D eigenvalue weighted by molar-refractivity contribution is 0.0924. The lowest BCUT2D eigenvalue weighted by Gasteiger charge is -2.05. The van der Waals surface area contributed by atoms with Crippen molar-refractivity contribution in [2.45, 2.75) is 13.5 Å². The van der Waals surface area contributed by atoms with Gasteiger partial charge >= 0.3 is 0 Å². The van der Waals surface area contributed by atoms with Crippen molar-refractivity contribution in [3.05, 3.63) is 100 Å². The van der Waals surface area contributed by atoms with Crippen LogP contribution in [0.5, 0.6) is 0 Å². The maximum absolute atomic E-state index is 12.7. The van der Waals surface area contributed by atoms with Gasteiger partial charge in [0.15, 0.2) is 5.76 Å². The lowest BCUT2D eigenvalue weighted by Crippen LogP contribution is -2.22. The topological polar surface area (TPSA) is 55.1 Å². The molecule has 0 bridgehead atoms. The number of thiazole rings is 1. The zero-order chi connectivity index (χ0) is 22.1. The number of hydrogen-bond acceptors (Lipinski definition) is 4. The van der Waals surface area contributed by atoms with Gasteiger partial charge in [0, 0.05) is 39.0 Å². The van der Waals surface area contributed by atoms with Crippen LogP contribution in [-0.4, -0.2) is 10.9 Å². The normalized spacial score (nSPS) is 11.1. The highest BCUT2D eigenvalue weighted by Crippen LogP contribution is 2.29. The second kappa shape index (κ2) is 8.61. The molecular weight excluding hydrogens is 440 g/mol. The van der Waals surface area contributed by atoms with E-state index in [2.05, 4.69) is 22.8 Å².